The molecule has 2 aromatic carbocycles. The molecule has 29 heavy (non-hydrogen) atoms. The van der Waals surface area contributed by atoms with Crippen molar-refractivity contribution in [1.82, 2.24) is 0 Å². The highest BCUT2D eigenvalue weighted by atomic mass is 35.5. The first-order valence-electron chi connectivity index (χ1n) is 9.97. The first kappa shape index (κ1) is 23.2. The molecule has 0 saturated heterocycles. The molecule has 6 heteroatoms. The molecule has 0 saturated carbocycles. The number of unbranched alkanes of at least 4 members (excludes halogenated alkanes) is 4. The lowest BCUT2D eigenvalue weighted by molar-refractivity contribution is -0.117. The molecule has 0 radical (unpaired) electrons. The molecule has 0 aliphatic carbocycles. The maximum Gasteiger partial charge on any atom is 0.224 e. The molecule has 0 bridgehead atoms. The topological polar surface area (TPSA) is 58.2 Å². The Balaban J connectivity index is 1.54. The lowest BCUT2D eigenvalue weighted by atomic mass is 10.1. The second-order valence-electron chi connectivity index (χ2n) is 7.29. The molecular formula is C23H28Cl2N2O2. The molecule has 0 atom stereocenters. The summed E-state index contributed by atoms with van der Waals surface area (Å²) in [6, 6.07) is 11.0. The van der Waals surface area contributed by atoms with E-state index in [-0.39, 0.29) is 11.8 Å². The van der Waals surface area contributed by atoms with Crippen molar-refractivity contribution in [1.29, 1.82) is 0 Å². The number of benzene rings is 2. The number of anilines is 2. The van der Waals surface area contributed by atoms with Crippen LogP contribution in [-0.4, -0.2) is 11.8 Å². The predicted molar refractivity (Wildman–Crippen MR) is 122 cm³/mol. The number of nitrogens with one attached hydrogen (secondary N) is 2. The van der Waals surface area contributed by atoms with E-state index in [1.807, 2.05) is 38.1 Å². The second kappa shape index (κ2) is 11.8. The zero-order valence-electron chi connectivity index (χ0n) is 17.0. The minimum Gasteiger partial charge on any atom is -0.326 e. The Kier molecular flexibility index (Phi) is 9.49. The van der Waals surface area contributed by atoms with E-state index in [1.54, 1.807) is 12.1 Å². The number of carbonyl (C=O) groups is 2. The summed E-state index contributed by atoms with van der Waals surface area (Å²) in [5, 5.41) is 7.04. The molecular weight excluding hydrogens is 407 g/mol. The van der Waals surface area contributed by atoms with Gasteiger partial charge in [-0.05, 0) is 62.1 Å². The highest BCUT2D eigenvalue weighted by Crippen LogP contribution is 2.21. The van der Waals surface area contributed by atoms with Crippen LogP contribution in [0.1, 0.15) is 56.1 Å². The van der Waals surface area contributed by atoms with E-state index in [1.165, 1.54) is 0 Å². The SMILES string of the molecule is Cc1ccc(NC(=O)CCCCCCCC(=O)Nc2ccc(C)c(Cl)c2)cc1Cl. The lowest BCUT2D eigenvalue weighted by Gasteiger charge is -2.08. The summed E-state index contributed by atoms with van der Waals surface area (Å²) in [6.07, 6.45) is 5.58. The summed E-state index contributed by atoms with van der Waals surface area (Å²) in [4.78, 5) is 24.0. The summed E-state index contributed by atoms with van der Waals surface area (Å²) in [5.74, 6) is 0.00196. The van der Waals surface area contributed by atoms with Crippen molar-refractivity contribution in [3.63, 3.8) is 0 Å². The van der Waals surface area contributed by atoms with Gasteiger partial charge in [-0.3, -0.25) is 9.59 Å². The van der Waals surface area contributed by atoms with Gasteiger partial charge < -0.3 is 10.6 Å². The van der Waals surface area contributed by atoms with Gasteiger partial charge in [-0.25, -0.2) is 0 Å². The average molecular weight is 435 g/mol. The maximum absolute atomic E-state index is 12.0. The van der Waals surface area contributed by atoms with Gasteiger partial charge >= 0.3 is 0 Å². The highest BCUT2D eigenvalue weighted by Gasteiger charge is 2.06. The van der Waals surface area contributed by atoms with Crippen molar-refractivity contribution < 1.29 is 9.59 Å². The van der Waals surface area contributed by atoms with Crippen LogP contribution >= 0.6 is 23.2 Å². The number of hydrogen-bond donors (Lipinski definition) is 2. The van der Waals surface area contributed by atoms with E-state index in [0.717, 1.165) is 54.6 Å². The van der Waals surface area contributed by atoms with Crippen LogP contribution in [0.4, 0.5) is 11.4 Å². The lowest BCUT2D eigenvalue weighted by Crippen LogP contribution is -2.11. The molecule has 4 nitrogen and oxygen atoms in total. The molecule has 0 heterocycles. The molecule has 0 aromatic heterocycles. The largest absolute Gasteiger partial charge is 0.326 e. The first-order valence-corrected chi connectivity index (χ1v) is 10.7. The Hall–Kier alpha value is -2.04. The van der Waals surface area contributed by atoms with Crippen LogP contribution in [-0.2, 0) is 9.59 Å². The summed E-state index contributed by atoms with van der Waals surface area (Å²) in [7, 11) is 0. The van der Waals surface area contributed by atoms with Crippen molar-refractivity contribution in [2.45, 2.75) is 58.8 Å². The summed E-state index contributed by atoms with van der Waals surface area (Å²) < 4.78 is 0. The fourth-order valence-corrected chi connectivity index (χ4v) is 3.25. The molecule has 2 amide bonds. The number of aryl methyl sites for hydroxylation is 2. The second-order valence-corrected chi connectivity index (χ2v) is 8.11. The molecule has 156 valence electrons. The van der Waals surface area contributed by atoms with Gasteiger partial charge in [0.25, 0.3) is 0 Å². The van der Waals surface area contributed by atoms with Crippen molar-refractivity contribution in [2.75, 3.05) is 10.6 Å². The fraction of sp³-hybridized carbons (Fsp3) is 0.391. The van der Waals surface area contributed by atoms with Crippen LogP contribution in [0.15, 0.2) is 36.4 Å². The van der Waals surface area contributed by atoms with E-state index in [4.69, 9.17) is 23.2 Å². The molecule has 2 rings (SSSR count). The van der Waals surface area contributed by atoms with Gasteiger partial charge in [0, 0.05) is 34.3 Å². The van der Waals surface area contributed by atoms with E-state index in [2.05, 4.69) is 10.6 Å². The van der Waals surface area contributed by atoms with Gasteiger partial charge in [-0.15, -0.1) is 0 Å². The van der Waals surface area contributed by atoms with Crippen LogP contribution in [0.25, 0.3) is 0 Å². The molecule has 0 fully saturated rings. The Labute approximate surface area is 183 Å². The van der Waals surface area contributed by atoms with Gasteiger partial charge in [0.2, 0.25) is 11.8 Å². The van der Waals surface area contributed by atoms with E-state index < -0.39 is 0 Å². The Bertz CT molecular complexity index is 783. The van der Waals surface area contributed by atoms with Crippen LogP contribution < -0.4 is 10.6 Å². The highest BCUT2D eigenvalue weighted by molar-refractivity contribution is 6.32. The van der Waals surface area contributed by atoms with Gasteiger partial charge in [0.1, 0.15) is 0 Å². The Morgan fingerprint density at radius 3 is 1.45 bits per heavy atom. The summed E-state index contributed by atoms with van der Waals surface area (Å²) >= 11 is 12.1. The van der Waals surface area contributed by atoms with E-state index in [0.29, 0.717) is 22.9 Å². The average Bonchev–Trinajstić information content (AvgIpc) is 2.67. The molecule has 0 aliphatic rings. The van der Waals surface area contributed by atoms with Crippen LogP contribution in [0.5, 0.6) is 0 Å². The fourth-order valence-electron chi connectivity index (χ4n) is 2.89. The third-order valence-corrected chi connectivity index (χ3v) is 5.53. The van der Waals surface area contributed by atoms with Crippen molar-refractivity contribution in [2.24, 2.45) is 0 Å². The third-order valence-electron chi connectivity index (χ3n) is 4.72. The number of amides is 2. The normalized spacial score (nSPS) is 10.6. The first-order chi connectivity index (χ1) is 13.8. The number of hydrogen-bond acceptors (Lipinski definition) is 2. The number of carbonyl (C=O) groups excluding carboxylic acids is 2. The molecule has 0 unspecified atom stereocenters. The predicted octanol–water partition coefficient (Wildman–Crippen LogP) is 6.92. The van der Waals surface area contributed by atoms with E-state index in [9.17, 15) is 9.59 Å². The smallest absolute Gasteiger partial charge is 0.224 e. The molecule has 0 aliphatic heterocycles. The Morgan fingerprint density at radius 2 is 1.07 bits per heavy atom. The van der Waals surface area contributed by atoms with E-state index >= 15 is 0 Å². The van der Waals surface area contributed by atoms with Crippen molar-refractivity contribution >= 4 is 46.4 Å². The third kappa shape index (κ3) is 8.46. The monoisotopic (exact) mass is 434 g/mol. The zero-order chi connectivity index (χ0) is 21.2. The summed E-state index contributed by atoms with van der Waals surface area (Å²) in [5.41, 5.74) is 3.43. The molecule has 2 N–H and O–H groups in total. The van der Waals surface area contributed by atoms with Gasteiger partial charge in [0.05, 0.1) is 0 Å². The minimum atomic E-state index is 0.000978. The maximum atomic E-state index is 12.0. The molecule has 0 spiro atoms. The van der Waals surface area contributed by atoms with Crippen LogP contribution in [0.3, 0.4) is 0 Å². The van der Waals surface area contributed by atoms with Crippen molar-refractivity contribution in [3.05, 3.63) is 57.6 Å². The van der Waals surface area contributed by atoms with Gasteiger partial charge in [0.15, 0.2) is 0 Å². The quantitative estimate of drug-likeness (QED) is 0.398. The van der Waals surface area contributed by atoms with Gasteiger partial charge in [-0.2, -0.15) is 0 Å². The zero-order valence-corrected chi connectivity index (χ0v) is 18.5. The van der Waals surface area contributed by atoms with Gasteiger partial charge in [-0.1, -0.05) is 54.6 Å². The minimum absolute atomic E-state index is 0.000978. The number of halogens is 2. The molecule has 2 aromatic rings. The van der Waals surface area contributed by atoms with Crippen molar-refractivity contribution in [3.8, 4) is 0 Å². The standard InChI is InChI=1S/C23H28Cl2N2O2/c1-16-10-12-18(14-20(16)24)26-22(28)8-6-4-3-5-7-9-23(29)27-19-13-11-17(2)21(25)15-19/h10-15H,3-9H2,1-2H3,(H,26,28)(H,27,29). The van der Waals surface area contributed by atoms with Crippen LogP contribution in [0.2, 0.25) is 10.0 Å². The number of rotatable bonds is 10. The summed E-state index contributed by atoms with van der Waals surface area (Å²) in [6.45, 7) is 3.85. The Morgan fingerprint density at radius 1 is 0.690 bits per heavy atom. The van der Waals surface area contributed by atoms with Crippen LogP contribution in [0, 0.1) is 13.8 Å².